The van der Waals surface area contributed by atoms with Gasteiger partial charge in [-0.15, -0.1) is 11.3 Å². The van der Waals surface area contributed by atoms with E-state index in [4.69, 9.17) is 27.9 Å². The molecule has 0 amide bonds. The number of anilines is 2. The lowest BCUT2D eigenvalue weighted by Gasteiger charge is -2.37. The van der Waals surface area contributed by atoms with Gasteiger partial charge in [-0.3, -0.25) is 0 Å². The van der Waals surface area contributed by atoms with Gasteiger partial charge < -0.3 is 14.5 Å². The third-order valence-corrected chi connectivity index (χ3v) is 6.59. The predicted octanol–water partition coefficient (Wildman–Crippen LogP) is 5.20. The molecule has 1 aromatic carbocycles. The van der Waals surface area contributed by atoms with Crippen molar-refractivity contribution in [2.24, 2.45) is 0 Å². The van der Waals surface area contributed by atoms with Crippen LogP contribution in [0.25, 0.3) is 10.2 Å². The lowest BCUT2D eigenvalue weighted by Crippen LogP contribution is -2.47. The number of fused-ring (bicyclic) bond motifs is 1. The Bertz CT molecular complexity index is 1090. The van der Waals surface area contributed by atoms with Crippen LogP contribution >= 0.6 is 34.5 Å². The van der Waals surface area contributed by atoms with Crippen molar-refractivity contribution in [3.05, 3.63) is 45.0 Å². The average molecular weight is 465 g/mol. The second kappa shape index (κ2) is 8.57. The van der Waals surface area contributed by atoms with Crippen molar-refractivity contribution in [2.45, 2.75) is 26.9 Å². The van der Waals surface area contributed by atoms with Crippen LogP contribution in [0.3, 0.4) is 0 Å². The van der Waals surface area contributed by atoms with Gasteiger partial charge in [0.1, 0.15) is 15.5 Å². The molecule has 0 aliphatic carbocycles. The maximum absolute atomic E-state index is 12.5. The van der Waals surface area contributed by atoms with Gasteiger partial charge in [-0.05, 0) is 56.1 Å². The first kappa shape index (κ1) is 21.2. The summed E-state index contributed by atoms with van der Waals surface area (Å²) in [5, 5.41) is 1.78. The highest BCUT2D eigenvalue weighted by Gasteiger charge is 2.26. The number of ether oxygens (including phenoxy) is 1. The van der Waals surface area contributed by atoms with Crippen LogP contribution < -0.4 is 9.80 Å². The molecule has 3 heterocycles. The minimum Gasteiger partial charge on any atom is -0.459 e. The van der Waals surface area contributed by atoms with Gasteiger partial charge in [0.15, 0.2) is 0 Å². The fourth-order valence-corrected chi connectivity index (χ4v) is 5.09. The average Bonchev–Trinajstić information content (AvgIpc) is 3.03. The fraction of sp³-hybridized carbons (Fsp3) is 0.381. The standard InChI is InChI=1S/C21H22Cl2N4O2S/c1-12(2)29-20(28)17-13(3)16-18(24-21(23)25-19(16)30-17)27-9-7-26(8-10-27)15-6-4-5-14(22)11-15/h4-6,11-12H,7-10H2,1-3H3. The first-order valence-electron chi connectivity index (χ1n) is 9.76. The van der Waals surface area contributed by atoms with Crippen LogP contribution in [0.1, 0.15) is 29.1 Å². The molecule has 3 aromatic rings. The molecule has 1 saturated heterocycles. The molecule has 1 aliphatic heterocycles. The third-order valence-electron chi connectivity index (χ3n) is 5.02. The van der Waals surface area contributed by atoms with Gasteiger partial charge in [0.25, 0.3) is 0 Å². The number of piperazine rings is 1. The molecule has 0 saturated carbocycles. The van der Waals surface area contributed by atoms with Gasteiger partial charge in [0.2, 0.25) is 5.28 Å². The molecule has 30 heavy (non-hydrogen) atoms. The second-order valence-corrected chi connectivity index (χ2v) is 9.23. The first-order valence-corrected chi connectivity index (χ1v) is 11.3. The summed E-state index contributed by atoms with van der Waals surface area (Å²) in [5.41, 5.74) is 1.95. The van der Waals surface area contributed by atoms with Gasteiger partial charge in [0.05, 0.1) is 11.5 Å². The predicted molar refractivity (Wildman–Crippen MR) is 124 cm³/mol. The van der Waals surface area contributed by atoms with Gasteiger partial charge >= 0.3 is 5.97 Å². The molecule has 158 valence electrons. The largest absolute Gasteiger partial charge is 0.459 e. The number of esters is 1. The van der Waals surface area contributed by atoms with Gasteiger partial charge in [-0.1, -0.05) is 17.7 Å². The number of rotatable bonds is 4. The number of halogens is 2. The van der Waals surface area contributed by atoms with Crippen molar-refractivity contribution in [1.29, 1.82) is 0 Å². The Balaban J connectivity index is 1.63. The maximum atomic E-state index is 12.5. The Morgan fingerprint density at radius 2 is 1.83 bits per heavy atom. The van der Waals surface area contributed by atoms with E-state index in [9.17, 15) is 4.79 Å². The molecule has 0 spiro atoms. The first-order chi connectivity index (χ1) is 14.3. The van der Waals surface area contributed by atoms with Crippen LogP contribution in [0.4, 0.5) is 11.5 Å². The van der Waals surface area contributed by atoms with E-state index in [0.717, 1.165) is 53.7 Å². The summed E-state index contributed by atoms with van der Waals surface area (Å²) in [5.74, 6) is 0.437. The number of hydrogen-bond donors (Lipinski definition) is 0. The van der Waals surface area contributed by atoms with Crippen LogP contribution in [-0.2, 0) is 4.74 Å². The molecular formula is C21H22Cl2N4O2S. The highest BCUT2D eigenvalue weighted by Crippen LogP contribution is 2.37. The van der Waals surface area contributed by atoms with Gasteiger partial charge in [0, 0.05) is 36.9 Å². The summed E-state index contributed by atoms with van der Waals surface area (Å²) in [6, 6.07) is 7.88. The van der Waals surface area contributed by atoms with Crippen molar-refractivity contribution >= 4 is 62.2 Å². The number of carbonyl (C=O) groups excluding carboxylic acids is 1. The Labute approximate surface area is 189 Å². The molecular weight excluding hydrogens is 443 g/mol. The van der Waals surface area contributed by atoms with E-state index < -0.39 is 0 Å². The molecule has 0 bridgehead atoms. The minimum atomic E-state index is -0.335. The van der Waals surface area contributed by atoms with E-state index in [1.54, 1.807) is 0 Å². The van der Waals surface area contributed by atoms with Gasteiger partial charge in [-0.25, -0.2) is 9.78 Å². The molecule has 1 fully saturated rings. The zero-order chi connectivity index (χ0) is 21.4. The topological polar surface area (TPSA) is 58.6 Å². The van der Waals surface area contributed by atoms with E-state index in [-0.39, 0.29) is 17.4 Å². The summed E-state index contributed by atoms with van der Waals surface area (Å²) in [4.78, 5) is 27.2. The number of aryl methyl sites for hydroxylation is 1. The van der Waals surface area contributed by atoms with Crippen LogP contribution in [0, 0.1) is 6.92 Å². The Morgan fingerprint density at radius 3 is 2.50 bits per heavy atom. The summed E-state index contributed by atoms with van der Waals surface area (Å²) in [6.45, 7) is 8.79. The van der Waals surface area contributed by atoms with E-state index in [1.165, 1.54) is 11.3 Å². The van der Waals surface area contributed by atoms with E-state index in [2.05, 4.69) is 25.8 Å². The second-order valence-electron chi connectivity index (χ2n) is 7.46. The number of hydrogen-bond acceptors (Lipinski definition) is 7. The van der Waals surface area contributed by atoms with Crippen molar-refractivity contribution < 1.29 is 9.53 Å². The van der Waals surface area contributed by atoms with Crippen molar-refractivity contribution in [3.8, 4) is 0 Å². The minimum absolute atomic E-state index is 0.180. The molecule has 0 unspecified atom stereocenters. The molecule has 4 rings (SSSR count). The maximum Gasteiger partial charge on any atom is 0.348 e. The lowest BCUT2D eigenvalue weighted by molar-refractivity contribution is 0.0383. The van der Waals surface area contributed by atoms with Gasteiger partial charge in [-0.2, -0.15) is 4.98 Å². The Hall–Kier alpha value is -2.09. The lowest BCUT2D eigenvalue weighted by atomic mass is 10.1. The third kappa shape index (κ3) is 4.19. The van der Waals surface area contributed by atoms with Crippen LogP contribution in [0.5, 0.6) is 0 Å². The highest BCUT2D eigenvalue weighted by atomic mass is 35.5. The SMILES string of the molecule is Cc1c(C(=O)OC(C)C)sc2nc(Cl)nc(N3CCN(c4cccc(Cl)c4)CC3)c12. The summed E-state index contributed by atoms with van der Waals surface area (Å²) < 4.78 is 5.39. The fourth-order valence-electron chi connectivity index (χ4n) is 3.63. The molecule has 1 aliphatic rings. The van der Waals surface area contributed by atoms with Crippen molar-refractivity contribution in [1.82, 2.24) is 9.97 Å². The van der Waals surface area contributed by atoms with Crippen molar-refractivity contribution in [3.63, 3.8) is 0 Å². The number of benzene rings is 1. The summed E-state index contributed by atoms with van der Waals surface area (Å²) >= 11 is 13.7. The van der Waals surface area contributed by atoms with Crippen LogP contribution in [0.15, 0.2) is 24.3 Å². The Kier molecular flexibility index (Phi) is 6.04. The van der Waals surface area contributed by atoms with E-state index in [1.807, 2.05) is 39.0 Å². The summed E-state index contributed by atoms with van der Waals surface area (Å²) in [7, 11) is 0. The zero-order valence-electron chi connectivity index (χ0n) is 17.0. The number of carbonyl (C=O) groups is 1. The summed E-state index contributed by atoms with van der Waals surface area (Å²) in [6.07, 6.45) is -0.184. The number of aromatic nitrogens is 2. The Morgan fingerprint density at radius 1 is 1.13 bits per heavy atom. The van der Waals surface area contributed by atoms with Crippen LogP contribution in [-0.4, -0.2) is 48.2 Å². The monoisotopic (exact) mass is 464 g/mol. The molecule has 0 N–H and O–H groups in total. The van der Waals surface area contributed by atoms with E-state index in [0.29, 0.717) is 9.71 Å². The van der Waals surface area contributed by atoms with E-state index >= 15 is 0 Å². The molecule has 2 aromatic heterocycles. The van der Waals surface area contributed by atoms with Crippen molar-refractivity contribution in [2.75, 3.05) is 36.0 Å². The molecule has 0 radical (unpaired) electrons. The highest BCUT2D eigenvalue weighted by molar-refractivity contribution is 7.20. The number of nitrogens with zero attached hydrogens (tertiary/aromatic N) is 4. The van der Waals surface area contributed by atoms with Crippen LogP contribution in [0.2, 0.25) is 10.3 Å². The smallest absolute Gasteiger partial charge is 0.348 e. The zero-order valence-corrected chi connectivity index (χ0v) is 19.3. The quantitative estimate of drug-likeness (QED) is 0.390. The number of thiophene rings is 1. The molecule has 9 heteroatoms. The molecule has 0 atom stereocenters. The normalized spacial score (nSPS) is 14.6. The molecule has 6 nitrogen and oxygen atoms in total.